The molecule has 0 aliphatic rings. The number of amides is 1. The van der Waals surface area contributed by atoms with Gasteiger partial charge in [0.1, 0.15) is 5.69 Å². The maximum atomic E-state index is 12.2. The highest BCUT2D eigenvalue weighted by molar-refractivity contribution is 7.22. The molecule has 3 rings (SSSR count). The lowest BCUT2D eigenvalue weighted by Gasteiger charge is -2.00. The molecule has 0 aliphatic carbocycles. The Morgan fingerprint density at radius 1 is 1.41 bits per heavy atom. The normalized spacial score (nSPS) is 10.8. The molecule has 8 nitrogen and oxygen atoms in total. The molecular weight excluding hydrogens is 306 g/mol. The highest BCUT2D eigenvalue weighted by Crippen LogP contribution is 2.29. The van der Waals surface area contributed by atoms with Crippen LogP contribution < -0.4 is 5.32 Å². The highest BCUT2D eigenvalue weighted by Gasteiger charge is 2.15. The smallest absolute Gasteiger partial charge is 0.275 e. The van der Waals surface area contributed by atoms with Gasteiger partial charge >= 0.3 is 0 Å². The number of aromatic nitrogens is 3. The third kappa shape index (κ3) is 2.53. The van der Waals surface area contributed by atoms with E-state index in [1.165, 1.54) is 28.2 Å². The molecule has 1 aromatic carbocycles. The number of rotatable bonds is 3. The molecule has 0 aliphatic heterocycles. The van der Waals surface area contributed by atoms with Crippen LogP contribution >= 0.6 is 11.3 Å². The van der Waals surface area contributed by atoms with Crippen LogP contribution in [-0.2, 0) is 7.05 Å². The predicted molar refractivity (Wildman–Crippen MR) is 82.2 cm³/mol. The van der Waals surface area contributed by atoms with Gasteiger partial charge in [-0.05, 0) is 19.1 Å². The molecule has 3 aromatic rings. The third-order valence-electron chi connectivity index (χ3n) is 3.04. The molecule has 112 valence electrons. The first-order valence-corrected chi connectivity index (χ1v) is 7.12. The molecular formula is C13H11N5O3S. The molecule has 0 radical (unpaired) electrons. The Kier molecular flexibility index (Phi) is 3.33. The van der Waals surface area contributed by atoms with Gasteiger partial charge in [0.25, 0.3) is 11.6 Å². The van der Waals surface area contributed by atoms with Crippen molar-refractivity contribution in [2.24, 2.45) is 7.05 Å². The number of fused-ring (bicyclic) bond motifs is 1. The Morgan fingerprint density at radius 3 is 2.82 bits per heavy atom. The van der Waals surface area contributed by atoms with Gasteiger partial charge in [0, 0.05) is 19.2 Å². The van der Waals surface area contributed by atoms with Gasteiger partial charge in [-0.2, -0.15) is 5.10 Å². The van der Waals surface area contributed by atoms with E-state index in [-0.39, 0.29) is 11.6 Å². The summed E-state index contributed by atoms with van der Waals surface area (Å²) in [4.78, 5) is 26.7. The van der Waals surface area contributed by atoms with E-state index in [0.717, 1.165) is 10.4 Å². The van der Waals surface area contributed by atoms with E-state index in [9.17, 15) is 14.9 Å². The van der Waals surface area contributed by atoms with Gasteiger partial charge < -0.3 is 0 Å². The van der Waals surface area contributed by atoms with Gasteiger partial charge in [-0.15, -0.1) is 0 Å². The molecule has 0 fully saturated rings. The summed E-state index contributed by atoms with van der Waals surface area (Å²) in [5, 5.41) is 17.9. The number of nitro benzene ring substituents is 1. The summed E-state index contributed by atoms with van der Waals surface area (Å²) in [5.74, 6) is -0.323. The van der Waals surface area contributed by atoms with Crippen LogP contribution in [0, 0.1) is 17.0 Å². The lowest BCUT2D eigenvalue weighted by molar-refractivity contribution is -0.384. The fourth-order valence-corrected chi connectivity index (χ4v) is 2.91. The van der Waals surface area contributed by atoms with Crippen LogP contribution in [0.3, 0.4) is 0 Å². The zero-order valence-corrected chi connectivity index (χ0v) is 12.5. The van der Waals surface area contributed by atoms with E-state index in [2.05, 4.69) is 15.4 Å². The molecule has 0 saturated heterocycles. The van der Waals surface area contributed by atoms with Crippen molar-refractivity contribution in [3.05, 3.63) is 45.8 Å². The van der Waals surface area contributed by atoms with Crippen molar-refractivity contribution in [3.63, 3.8) is 0 Å². The minimum atomic E-state index is -0.477. The zero-order valence-electron chi connectivity index (χ0n) is 11.7. The number of benzene rings is 1. The Balaban J connectivity index is 1.89. The van der Waals surface area contributed by atoms with E-state index in [1.807, 2.05) is 0 Å². The van der Waals surface area contributed by atoms with Crippen LogP contribution in [-0.4, -0.2) is 25.6 Å². The van der Waals surface area contributed by atoms with Crippen molar-refractivity contribution in [3.8, 4) is 0 Å². The predicted octanol–water partition coefficient (Wildman–Crippen LogP) is 2.50. The van der Waals surface area contributed by atoms with Crippen molar-refractivity contribution in [2.75, 3.05) is 5.32 Å². The molecule has 2 heterocycles. The standard InChI is InChI=1S/C13H11N5O3S/c1-7-5-10(17(2)16-7)12(19)15-13-14-9-6-8(18(20)21)3-4-11(9)22-13/h3-6H,1-2H3,(H,14,15,19). The lowest BCUT2D eigenvalue weighted by Crippen LogP contribution is -2.15. The summed E-state index contributed by atoms with van der Waals surface area (Å²) in [5.41, 5.74) is 1.61. The van der Waals surface area contributed by atoms with Crippen molar-refractivity contribution in [1.29, 1.82) is 0 Å². The van der Waals surface area contributed by atoms with Crippen molar-refractivity contribution < 1.29 is 9.72 Å². The van der Waals surface area contributed by atoms with E-state index in [0.29, 0.717) is 16.3 Å². The van der Waals surface area contributed by atoms with Crippen molar-refractivity contribution >= 4 is 38.3 Å². The number of hydrogen-bond acceptors (Lipinski definition) is 6. The number of nitrogens with zero attached hydrogens (tertiary/aromatic N) is 4. The number of nitro groups is 1. The summed E-state index contributed by atoms with van der Waals surface area (Å²) in [7, 11) is 1.68. The van der Waals surface area contributed by atoms with Crippen LogP contribution in [0.2, 0.25) is 0 Å². The second-order valence-electron chi connectivity index (χ2n) is 4.68. The minimum absolute atomic E-state index is 0.0297. The monoisotopic (exact) mass is 317 g/mol. The maximum absolute atomic E-state index is 12.2. The molecule has 0 saturated carbocycles. The van der Waals surface area contributed by atoms with Gasteiger partial charge in [-0.1, -0.05) is 11.3 Å². The van der Waals surface area contributed by atoms with Gasteiger partial charge in [0.05, 0.1) is 20.8 Å². The van der Waals surface area contributed by atoms with Crippen LogP contribution in [0.4, 0.5) is 10.8 Å². The van der Waals surface area contributed by atoms with E-state index >= 15 is 0 Å². The summed E-state index contributed by atoms with van der Waals surface area (Å²) in [6.07, 6.45) is 0. The molecule has 0 bridgehead atoms. The highest BCUT2D eigenvalue weighted by atomic mass is 32.1. The second kappa shape index (κ2) is 5.19. The number of carbonyl (C=O) groups is 1. The third-order valence-corrected chi connectivity index (χ3v) is 3.99. The molecule has 2 aromatic heterocycles. The first-order valence-electron chi connectivity index (χ1n) is 6.31. The van der Waals surface area contributed by atoms with Gasteiger partial charge in [0.2, 0.25) is 0 Å². The number of non-ortho nitro benzene ring substituents is 1. The van der Waals surface area contributed by atoms with Crippen LogP contribution in [0.5, 0.6) is 0 Å². The summed E-state index contributed by atoms with van der Waals surface area (Å²) in [6.45, 7) is 1.80. The van der Waals surface area contributed by atoms with Crippen molar-refractivity contribution in [2.45, 2.75) is 6.92 Å². The van der Waals surface area contributed by atoms with Crippen LogP contribution in [0.15, 0.2) is 24.3 Å². The van der Waals surface area contributed by atoms with E-state index < -0.39 is 4.92 Å². The SMILES string of the molecule is Cc1cc(C(=O)Nc2nc3cc([N+](=O)[O-])ccc3s2)n(C)n1. The number of carbonyl (C=O) groups excluding carboxylic acids is 1. The molecule has 9 heteroatoms. The first-order chi connectivity index (χ1) is 10.4. The molecule has 0 spiro atoms. The Bertz CT molecular complexity index is 898. The number of nitrogens with one attached hydrogen (secondary N) is 1. The average molecular weight is 317 g/mol. The molecule has 1 N–H and O–H groups in total. The number of anilines is 1. The van der Waals surface area contributed by atoms with Crippen LogP contribution in [0.25, 0.3) is 10.2 Å². The Morgan fingerprint density at radius 2 is 2.18 bits per heavy atom. The number of aryl methyl sites for hydroxylation is 2. The molecule has 0 atom stereocenters. The van der Waals surface area contributed by atoms with E-state index in [4.69, 9.17) is 0 Å². The van der Waals surface area contributed by atoms with Gasteiger partial charge in [-0.3, -0.25) is 24.9 Å². The van der Waals surface area contributed by atoms with Crippen LogP contribution in [0.1, 0.15) is 16.2 Å². The fraction of sp³-hybridized carbons (Fsp3) is 0.154. The van der Waals surface area contributed by atoms with E-state index in [1.54, 1.807) is 26.1 Å². The van der Waals surface area contributed by atoms with Gasteiger partial charge in [-0.25, -0.2) is 4.98 Å². The maximum Gasteiger partial charge on any atom is 0.275 e. The summed E-state index contributed by atoms with van der Waals surface area (Å²) in [6, 6.07) is 6.09. The second-order valence-corrected chi connectivity index (χ2v) is 5.71. The average Bonchev–Trinajstić information content (AvgIpc) is 2.99. The quantitative estimate of drug-likeness (QED) is 0.590. The zero-order chi connectivity index (χ0) is 15.9. The molecule has 1 amide bonds. The Hall–Kier alpha value is -2.81. The minimum Gasteiger partial charge on any atom is -0.296 e. The lowest BCUT2D eigenvalue weighted by atomic mass is 10.3. The summed E-state index contributed by atoms with van der Waals surface area (Å²) < 4.78 is 2.25. The largest absolute Gasteiger partial charge is 0.296 e. The van der Waals surface area contributed by atoms with Crippen molar-refractivity contribution in [1.82, 2.24) is 14.8 Å². The number of hydrogen-bond donors (Lipinski definition) is 1. The summed E-state index contributed by atoms with van der Waals surface area (Å²) >= 11 is 1.26. The first kappa shape index (κ1) is 14.1. The Labute approximate surface area is 128 Å². The molecule has 22 heavy (non-hydrogen) atoms. The molecule has 0 unspecified atom stereocenters. The topological polar surface area (TPSA) is 103 Å². The van der Waals surface area contributed by atoms with Gasteiger partial charge in [0.15, 0.2) is 5.13 Å². The number of thiazole rings is 1. The fourth-order valence-electron chi connectivity index (χ4n) is 2.07.